The molecule has 0 nitrogen and oxygen atoms in total. The van der Waals surface area contributed by atoms with Crippen molar-refractivity contribution in [1.82, 2.24) is 0 Å². The third-order valence-corrected chi connectivity index (χ3v) is 3.49. The Hall–Kier alpha value is 0.620. The molecule has 0 bridgehead atoms. The molecule has 0 amide bonds. The second-order valence-electron chi connectivity index (χ2n) is 3.24. The smallest absolute Gasteiger partial charge is 0.160 e. The van der Waals surface area contributed by atoms with Crippen LogP contribution in [-0.2, 0) is 0 Å². The molecule has 0 aromatic heterocycles. The van der Waals surface area contributed by atoms with Gasteiger partial charge in [0, 0.05) is 11.1 Å². The first-order valence-corrected chi connectivity index (χ1v) is 6.24. The van der Waals surface area contributed by atoms with Crippen LogP contribution in [0.3, 0.4) is 0 Å². The van der Waals surface area contributed by atoms with E-state index in [9.17, 15) is 13.2 Å². The molecular weight excluding hydrogens is 265 g/mol. The quantitative estimate of drug-likeness (QED) is 0.676. The fourth-order valence-electron chi connectivity index (χ4n) is 0.915. The molecule has 0 N–H and O–H groups in total. The first kappa shape index (κ1) is 13.6. The predicted molar refractivity (Wildman–Crippen MR) is 55.3 cm³/mol. The lowest BCUT2D eigenvalue weighted by atomic mass is 9.96. The van der Waals surface area contributed by atoms with Crippen LogP contribution < -0.4 is 0 Å². The van der Waals surface area contributed by atoms with E-state index in [-0.39, 0.29) is 17.5 Å². The van der Waals surface area contributed by atoms with E-state index in [2.05, 4.69) is 15.9 Å². The van der Waals surface area contributed by atoms with Crippen molar-refractivity contribution in [2.24, 2.45) is 11.8 Å². The van der Waals surface area contributed by atoms with E-state index in [4.69, 9.17) is 0 Å². The monoisotopic (exact) mass is 278 g/mol. The largest absolute Gasteiger partial charge is 0.441 e. The number of hydrogen-bond acceptors (Lipinski definition) is 1. The van der Waals surface area contributed by atoms with Crippen LogP contribution in [0.5, 0.6) is 0 Å². The van der Waals surface area contributed by atoms with Gasteiger partial charge in [-0.3, -0.25) is 0 Å². The molecule has 0 spiro atoms. The standard InChI is InChI=1S/C8H14BrF3S/c1-6(2)7(5-9)3-4-13-8(10,11)12/h6-7H,3-5H2,1-2H3. The molecule has 5 heteroatoms. The molecule has 0 fully saturated rings. The molecule has 0 saturated carbocycles. The topological polar surface area (TPSA) is 0 Å². The summed E-state index contributed by atoms with van der Waals surface area (Å²) in [5, 5.41) is 0.781. The fraction of sp³-hybridized carbons (Fsp3) is 1.00. The first-order chi connectivity index (χ1) is 5.87. The molecule has 1 atom stereocenters. The lowest BCUT2D eigenvalue weighted by molar-refractivity contribution is -0.0328. The van der Waals surface area contributed by atoms with Gasteiger partial charge in [-0.25, -0.2) is 0 Å². The molecule has 0 heterocycles. The summed E-state index contributed by atoms with van der Waals surface area (Å²) in [7, 11) is 0. The van der Waals surface area contributed by atoms with Gasteiger partial charge in [0.15, 0.2) is 0 Å². The maximum atomic E-state index is 11.8. The van der Waals surface area contributed by atoms with E-state index in [1.807, 2.05) is 13.8 Å². The van der Waals surface area contributed by atoms with Crippen LogP contribution in [0.1, 0.15) is 20.3 Å². The average molecular weight is 279 g/mol. The third-order valence-electron chi connectivity index (χ3n) is 1.90. The Morgan fingerprint density at radius 3 is 2.15 bits per heavy atom. The minimum atomic E-state index is -4.08. The summed E-state index contributed by atoms with van der Waals surface area (Å²) in [6.45, 7) is 4.06. The average Bonchev–Trinajstić information content (AvgIpc) is 1.95. The van der Waals surface area contributed by atoms with Crippen molar-refractivity contribution >= 4 is 27.7 Å². The SMILES string of the molecule is CC(C)C(CBr)CCSC(F)(F)F. The van der Waals surface area contributed by atoms with Gasteiger partial charge in [-0.05, 0) is 18.3 Å². The van der Waals surface area contributed by atoms with Crippen LogP contribution in [0.4, 0.5) is 13.2 Å². The number of alkyl halides is 4. The van der Waals surface area contributed by atoms with Crippen LogP contribution in [0.25, 0.3) is 0 Å². The highest BCUT2D eigenvalue weighted by molar-refractivity contribution is 9.09. The Bertz CT molecular complexity index is 136. The third kappa shape index (κ3) is 7.67. The summed E-state index contributed by atoms with van der Waals surface area (Å²) in [4.78, 5) is 0. The Morgan fingerprint density at radius 1 is 1.31 bits per heavy atom. The molecule has 1 unspecified atom stereocenters. The highest BCUT2D eigenvalue weighted by Crippen LogP contribution is 2.32. The zero-order chi connectivity index (χ0) is 10.5. The van der Waals surface area contributed by atoms with E-state index < -0.39 is 5.51 Å². The maximum absolute atomic E-state index is 11.8. The first-order valence-electron chi connectivity index (χ1n) is 4.13. The number of thioether (sulfide) groups is 1. The second kappa shape index (κ2) is 6.17. The maximum Gasteiger partial charge on any atom is 0.441 e. The number of rotatable bonds is 5. The van der Waals surface area contributed by atoms with Gasteiger partial charge in [0.1, 0.15) is 0 Å². The zero-order valence-corrected chi connectivity index (χ0v) is 10.1. The molecule has 0 aromatic carbocycles. The number of hydrogen-bond donors (Lipinski definition) is 0. The summed E-state index contributed by atoms with van der Waals surface area (Å²) < 4.78 is 35.3. The van der Waals surface area contributed by atoms with Gasteiger partial charge < -0.3 is 0 Å². The molecule has 0 saturated heterocycles. The van der Waals surface area contributed by atoms with Crippen LogP contribution >= 0.6 is 27.7 Å². The fourth-order valence-corrected chi connectivity index (χ4v) is 2.64. The van der Waals surface area contributed by atoms with Crippen molar-refractivity contribution in [3.8, 4) is 0 Å². The Labute approximate surface area is 89.8 Å². The highest BCUT2D eigenvalue weighted by atomic mass is 79.9. The van der Waals surface area contributed by atoms with Crippen LogP contribution in [0, 0.1) is 11.8 Å². The molecular formula is C8H14BrF3S. The molecule has 0 aliphatic carbocycles. The van der Waals surface area contributed by atoms with Gasteiger partial charge in [-0.2, -0.15) is 13.2 Å². The van der Waals surface area contributed by atoms with Crippen molar-refractivity contribution < 1.29 is 13.2 Å². The van der Waals surface area contributed by atoms with E-state index in [0.29, 0.717) is 18.3 Å². The second-order valence-corrected chi connectivity index (χ2v) is 5.05. The van der Waals surface area contributed by atoms with Crippen molar-refractivity contribution in [3.05, 3.63) is 0 Å². The molecule has 0 aliphatic rings. The van der Waals surface area contributed by atoms with Crippen molar-refractivity contribution in [1.29, 1.82) is 0 Å². The lowest BCUT2D eigenvalue weighted by Gasteiger charge is -2.17. The lowest BCUT2D eigenvalue weighted by Crippen LogP contribution is -2.12. The van der Waals surface area contributed by atoms with Gasteiger partial charge in [0.25, 0.3) is 0 Å². The molecule has 13 heavy (non-hydrogen) atoms. The summed E-state index contributed by atoms with van der Waals surface area (Å²) in [6, 6.07) is 0. The minimum Gasteiger partial charge on any atom is -0.160 e. The number of halogens is 4. The molecule has 0 aromatic rings. The van der Waals surface area contributed by atoms with Crippen molar-refractivity contribution in [3.63, 3.8) is 0 Å². The van der Waals surface area contributed by atoms with Gasteiger partial charge in [-0.15, -0.1) is 0 Å². The van der Waals surface area contributed by atoms with Crippen LogP contribution in [-0.4, -0.2) is 16.6 Å². The van der Waals surface area contributed by atoms with Gasteiger partial charge in [0.2, 0.25) is 0 Å². The Balaban J connectivity index is 3.62. The van der Waals surface area contributed by atoms with Gasteiger partial charge in [-0.1, -0.05) is 41.5 Å². The van der Waals surface area contributed by atoms with E-state index in [1.165, 1.54) is 0 Å². The molecule has 80 valence electrons. The van der Waals surface area contributed by atoms with E-state index in [1.54, 1.807) is 0 Å². The molecule has 0 radical (unpaired) electrons. The van der Waals surface area contributed by atoms with Crippen molar-refractivity contribution in [2.75, 3.05) is 11.1 Å². The van der Waals surface area contributed by atoms with Crippen molar-refractivity contribution in [2.45, 2.75) is 25.8 Å². The van der Waals surface area contributed by atoms with E-state index >= 15 is 0 Å². The molecule has 0 rings (SSSR count). The minimum absolute atomic E-state index is 0.0738. The Morgan fingerprint density at radius 2 is 1.85 bits per heavy atom. The zero-order valence-electron chi connectivity index (χ0n) is 7.70. The van der Waals surface area contributed by atoms with E-state index in [0.717, 1.165) is 5.33 Å². The highest BCUT2D eigenvalue weighted by Gasteiger charge is 2.28. The van der Waals surface area contributed by atoms with Gasteiger partial charge >= 0.3 is 5.51 Å². The summed E-state index contributed by atoms with van der Waals surface area (Å²) in [6.07, 6.45) is 0.618. The summed E-state index contributed by atoms with van der Waals surface area (Å²) in [5.74, 6) is 0.945. The Kier molecular flexibility index (Phi) is 6.46. The normalized spacial score (nSPS) is 15.0. The molecule has 0 aliphatic heterocycles. The summed E-state index contributed by atoms with van der Waals surface area (Å²) >= 11 is 3.38. The predicted octanol–water partition coefficient (Wildman–Crippen LogP) is 4.30. The van der Waals surface area contributed by atoms with Gasteiger partial charge in [0.05, 0.1) is 0 Å². The van der Waals surface area contributed by atoms with Crippen LogP contribution in [0.15, 0.2) is 0 Å². The summed E-state index contributed by atoms with van der Waals surface area (Å²) in [5.41, 5.74) is -4.08. The van der Waals surface area contributed by atoms with Crippen LogP contribution in [0.2, 0.25) is 0 Å².